The zero-order valence-corrected chi connectivity index (χ0v) is 13.4. The third-order valence-corrected chi connectivity index (χ3v) is 4.45. The number of hydrogen-bond donors (Lipinski definition) is 1. The zero-order valence-electron chi connectivity index (χ0n) is 12.6. The van der Waals surface area contributed by atoms with E-state index in [9.17, 15) is 4.79 Å². The molecule has 24 heavy (non-hydrogen) atoms. The minimum atomic E-state index is -0.297. The number of hydrogen-bond acceptors (Lipinski definition) is 6. The van der Waals surface area contributed by atoms with Crippen molar-refractivity contribution in [3.8, 4) is 22.1 Å². The first-order chi connectivity index (χ1) is 11.8. The highest BCUT2D eigenvalue weighted by Gasteiger charge is 2.23. The molecule has 0 saturated carbocycles. The fraction of sp³-hybridized carbons (Fsp3) is 0.176. The number of benzene rings is 1. The molecule has 0 spiro atoms. The zero-order chi connectivity index (χ0) is 16.4. The number of carbonyl (C=O) groups is 1. The van der Waals surface area contributed by atoms with Crippen molar-refractivity contribution in [2.24, 2.45) is 0 Å². The molecule has 0 aliphatic carbocycles. The van der Waals surface area contributed by atoms with Crippen molar-refractivity contribution >= 4 is 17.2 Å². The molecule has 0 saturated heterocycles. The summed E-state index contributed by atoms with van der Waals surface area (Å²) in [7, 11) is 0. The van der Waals surface area contributed by atoms with Gasteiger partial charge in [-0.2, -0.15) is 0 Å². The molecule has 7 heteroatoms. The SMILES string of the molecule is O=C(NC[C@H]1COc2ccccc2O1)c1ncoc1-c1cccs1. The Labute approximate surface area is 142 Å². The predicted octanol–water partition coefficient (Wildman–Crippen LogP) is 2.97. The Bertz CT molecular complexity index is 844. The summed E-state index contributed by atoms with van der Waals surface area (Å²) >= 11 is 1.49. The Morgan fingerprint density at radius 1 is 1.25 bits per heavy atom. The van der Waals surface area contributed by atoms with Gasteiger partial charge in [-0.15, -0.1) is 11.3 Å². The lowest BCUT2D eigenvalue weighted by atomic mass is 10.2. The number of carbonyl (C=O) groups excluding carboxylic acids is 1. The summed E-state index contributed by atoms with van der Waals surface area (Å²) in [6, 6.07) is 11.3. The second-order valence-corrected chi connectivity index (χ2v) is 6.16. The van der Waals surface area contributed by atoms with Crippen molar-refractivity contribution in [1.82, 2.24) is 10.3 Å². The third kappa shape index (κ3) is 2.85. The van der Waals surface area contributed by atoms with E-state index >= 15 is 0 Å². The van der Waals surface area contributed by atoms with Crippen LogP contribution in [-0.2, 0) is 0 Å². The summed E-state index contributed by atoms with van der Waals surface area (Å²) in [5.41, 5.74) is 0.273. The van der Waals surface area contributed by atoms with Gasteiger partial charge in [0.1, 0.15) is 12.7 Å². The summed E-state index contributed by atoms with van der Waals surface area (Å²) in [4.78, 5) is 17.3. The van der Waals surface area contributed by atoms with Gasteiger partial charge in [0.05, 0.1) is 11.4 Å². The number of nitrogens with one attached hydrogen (secondary N) is 1. The Balaban J connectivity index is 1.41. The highest BCUT2D eigenvalue weighted by atomic mass is 32.1. The van der Waals surface area contributed by atoms with Crippen LogP contribution >= 0.6 is 11.3 Å². The lowest BCUT2D eigenvalue weighted by molar-refractivity contribution is 0.0787. The number of fused-ring (bicyclic) bond motifs is 1. The molecule has 122 valence electrons. The normalized spacial score (nSPS) is 15.9. The van der Waals surface area contributed by atoms with E-state index < -0.39 is 0 Å². The molecule has 3 aromatic rings. The minimum absolute atomic E-state index is 0.249. The van der Waals surface area contributed by atoms with Gasteiger partial charge < -0.3 is 19.2 Å². The molecule has 0 radical (unpaired) electrons. The molecule has 0 fully saturated rings. The fourth-order valence-corrected chi connectivity index (χ4v) is 3.16. The molecule has 1 aliphatic rings. The first-order valence-electron chi connectivity index (χ1n) is 7.45. The number of oxazole rings is 1. The highest BCUT2D eigenvalue weighted by Crippen LogP contribution is 2.31. The third-order valence-electron chi connectivity index (χ3n) is 3.59. The summed E-state index contributed by atoms with van der Waals surface area (Å²) in [6.45, 7) is 0.706. The van der Waals surface area contributed by atoms with E-state index in [0.29, 0.717) is 24.7 Å². The van der Waals surface area contributed by atoms with E-state index in [2.05, 4.69) is 10.3 Å². The van der Waals surface area contributed by atoms with Crippen LogP contribution in [-0.4, -0.2) is 30.1 Å². The van der Waals surface area contributed by atoms with Crippen molar-refractivity contribution in [2.45, 2.75) is 6.10 Å². The molecular weight excluding hydrogens is 328 g/mol. The predicted molar refractivity (Wildman–Crippen MR) is 88.5 cm³/mol. The van der Waals surface area contributed by atoms with Crippen molar-refractivity contribution in [3.05, 3.63) is 53.9 Å². The van der Waals surface area contributed by atoms with E-state index in [-0.39, 0.29) is 17.7 Å². The van der Waals surface area contributed by atoms with Crippen LogP contribution in [0.1, 0.15) is 10.5 Å². The van der Waals surface area contributed by atoms with Gasteiger partial charge in [-0.05, 0) is 23.6 Å². The quantitative estimate of drug-likeness (QED) is 0.789. The molecule has 6 nitrogen and oxygen atoms in total. The first kappa shape index (κ1) is 14.8. The van der Waals surface area contributed by atoms with Gasteiger partial charge in [-0.3, -0.25) is 4.79 Å². The summed E-state index contributed by atoms with van der Waals surface area (Å²) in [5, 5.41) is 4.75. The van der Waals surface area contributed by atoms with E-state index in [1.807, 2.05) is 41.8 Å². The van der Waals surface area contributed by atoms with Crippen LogP contribution in [0, 0.1) is 0 Å². The lowest BCUT2D eigenvalue weighted by Gasteiger charge is -2.26. The molecule has 1 amide bonds. The van der Waals surface area contributed by atoms with Gasteiger partial charge >= 0.3 is 0 Å². The summed E-state index contributed by atoms with van der Waals surface area (Å²) < 4.78 is 16.8. The topological polar surface area (TPSA) is 73.6 Å². The number of aromatic nitrogens is 1. The molecule has 2 aromatic heterocycles. The molecule has 0 unspecified atom stereocenters. The number of amides is 1. The molecule has 4 rings (SSSR count). The Kier molecular flexibility index (Phi) is 3.92. The average molecular weight is 342 g/mol. The number of para-hydroxylation sites is 2. The van der Waals surface area contributed by atoms with Gasteiger partial charge in [-0.1, -0.05) is 18.2 Å². The second-order valence-electron chi connectivity index (χ2n) is 5.22. The number of nitrogens with zero attached hydrogens (tertiary/aromatic N) is 1. The second kappa shape index (κ2) is 6.37. The monoisotopic (exact) mass is 342 g/mol. The molecule has 1 aliphatic heterocycles. The first-order valence-corrected chi connectivity index (χ1v) is 8.33. The fourth-order valence-electron chi connectivity index (χ4n) is 2.44. The molecule has 1 N–H and O–H groups in total. The van der Waals surface area contributed by atoms with Gasteiger partial charge in [0.2, 0.25) is 0 Å². The van der Waals surface area contributed by atoms with Crippen LogP contribution in [0.5, 0.6) is 11.5 Å². The number of ether oxygens (including phenoxy) is 2. The van der Waals surface area contributed by atoms with Crippen molar-refractivity contribution in [3.63, 3.8) is 0 Å². The number of thiophene rings is 1. The molecule has 3 heterocycles. The Hall–Kier alpha value is -2.80. The highest BCUT2D eigenvalue weighted by molar-refractivity contribution is 7.13. The summed E-state index contributed by atoms with van der Waals surface area (Å²) in [6.07, 6.45) is 1.03. The van der Waals surface area contributed by atoms with Gasteiger partial charge in [0, 0.05) is 0 Å². The minimum Gasteiger partial charge on any atom is -0.486 e. The van der Waals surface area contributed by atoms with E-state index in [0.717, 1.165) is 10.6 Å². The smallest absolute Gasteiger partial charge is 0.274 e. The maximum Gasteiger partial charge on any atom is 0.274 e. The van der Waals surface area contributed by atoms with Gasteiger partial charge in [0.25, 0.3) is 5.91 Å². The molecule has 1 atom stereocenters. The largest absolute Gasteiger partial charge is 0.486 e. The molecule has 0 bridgehead atoms. The van der Waals surface area contributed by atoms with Crippen LogP contribution in [0.25, 0.3) is 10.6 Å². The Morgan fingerprint density at radius 3 is 2.96 bits per heavy atom. The van der Waals surface area contributed by atoms with Crippen LogP contribution in [0.2, 0.25) is 0 Å². The van der Waals surface area contributed by atoms with Crippen LogP contribution in [0.15, 0.2) is 52.6 Å². The van der Waals surface area contributed by atoms with Crippen molar-refractivity contribution < 1.29 is 18.7 Å². The van der Waals surface area contributed by atoms with Crippen LogP contribution < -0.4 is 14.8 Å². The number of rotatable bonds is 4. The van der Waals surface area contributed by atoms with E-state index in [1.165, 1.54) is 17.7 Å². The van der Waals surface area contributed by atoms with Crippen molar-refractivity contribution in [1.29, 1.82) is 0 Å². The lowest BCUT2D eigenvalue weighted by Crippen LogP contribution is -2.40. The van der Waals surface area contributed by atoms with E-state index in [4.69, 9.17) is 13.9 Å². The van der Waals surface area contributed by atoms with Gasteiger partial charge in [0.15, 0.2) is 29.3 Å². The van der Waals surface area contributed by atoms with Crippen LogP contribution in [0.3, 0.4) is 0 Å². The summed E-state index contributed by atoms with van der Waals surface area (Å²) in [5.74, 6) is 1.59. The Morgan fingerprint density at radius 2 is 2.12 bits per heavy atom. The molecular formula is C17H14N2O4S. The van der Waals surface area contributed by atoms with E-state index in [1.54, 1.807) is 0 Å². The maximum absolute atomic E-state index is 12.4. The standard InChI is InChI=1S/C17H14N2O4S/c20-17(15-16(22-10-19-15)14-6-3-7-24-14)18-8-11-9-21-12-4-1-2-5-13(12)23-11/h1-7,10-11H,8-9H2,(H,18,20)/t11-/m0/s1. The maximum atomic E-state index is 12.4. The average Bonchev–Trinajstić information content (AvgIpc) is 3.30. The van der Waals surface area contributed by atoms with Crippen molar-refractivity contribution in [2.75, 3.05) is 13.2 Å². The van der Waals surface area contributed by atoms with Crippen LogP contribution in [0.4, 0.5) is 0 Å². The molecule has 1 aromatic carbocycles. The van der Waals surface area contributed by atoms with Gasteiger partial charge in [-0.25, -0.2) is 4.98 Å².